The minimum absolute atomic E-state index is 0.0148. The normalized spacial score (nSPS) is 36.8. The summed E-state index contributed by atoms with van der Waals surface area (Å²) < 4.78 is 5.52. The van der Waals surface area contributed by atoms with Crippen LogP contribution in [-0.4, -0.2) is 48.6 Å². The van der Waals surface area contributed by atoms with E-state index >= 15 is 0 Å². The summed E-state index contributed by atoms with van der Waals surface area (Å²) in [5, 5.41) is 3.29. The number of rotatable bonds is 2. The minimum Gasteiger partial charge on any atom is -0.462 e. The van der Waals surface area contributed by atoms with Crippen molar-refractivity contribution >= 4 is 11.9 Å². The standard InChI is InChI=1S/C15H24N2O3/c1-10(18)20-14-11-4-2-5-12(14)9-17(8-11)15(19)13-6-3-7-16-13/h11-14,16H,2-9H2,1H3/t11?,12?,13-,14?/m0/s1. The number of carbonyl (C=O) groups is 2. The summed E-state index contributed by atoms with van der Waals surface area (Å²) in [5.74, 6) is 0.721. The quantitative estimate of drug-likeness (QED) is 0.765. The average Bonchev–Trinajstić information content (AvgIpc) is 2.90. The van der Waals surface area contributed by atoms with E-state index in [1.165, 1.54) is 13.3 Å². The zero-order chi connectivity index (χ0) is 14.1. The van der Waals surface area contributed by atoms with Crippen molar-refractivity contribution in [2.75, 3.05) is 19.6 Å². The third-order valence-corrected chi connectivity index (χ3v) is 4.96. The molecule has 3 fully saturated rings. The van der Waals surface area contributed by atoms with Crippen LogP contribution in [0.5, 0.6) is 0 Å². The fraction of sp³-hybridized carbons (Fsp3) is 0.867. The topological polar surface area (TPSA) is 58.6 Å². The van der Waals surface area contributed by atoms with Gasteiger partial charge in [0.15, 0.2) is 0 Å². The summed E-state index contributed by atoms with van der Waals surface area (Å²) >= 11 is 0. The molecule has 3 rings (SSSR count). The van der Waals surface area contributed by atoms with Gasteiger partial charge in [-0.2, -0.15) is 0 Å². The molecule has 112 valence electrons. The number of esters is 1. The van der Waals surface area contributed by atoms with Crippen molar-refractivity contribution in [2.24, 2.45) is 11.8 Å². The summed E-state index contributed by atoms with van der Waals surface area (Å²) in [4.78, 5) is 25.8. The van der Waals surface area contributed by atoms with Crippen molar-refractivity contribution in [1.29, 1.82) is 0 Å². The lowest BCUT2D eigenvalue weighted by atomic mass is 9.75. The molecular weight excluding hydrogens is 256 g/mol. The first-order chi connectivity index (χ1) is 9.65. The molecule has 1 N–H and O–H groups in total. The van der Waals surface area contributed by atoms with E-state index in [-0.39, 0.29) is 24.0 Å². The van der Waals surface area contributed by atoms with E-state index in [0.717, 1.165) is 45.3 Å². The lowest BCUT2D eigenvalue weighted by molar-refractivity contribution is -0.163. The molecule has 3 aliphatic rings. The highest BCUT2D eigenvalue weighted by Crippen LogP contribution is 2.37. The van der Waals surface area contributed by atoms with E-state index in [9.17, 15) is 9.59 Å². The second kappa shape index (κ2) is 5.72. The molecule has 2 saturated heterocycles. The fourth-order valence-electron chi connectivity index (χ4n) is 4.07. The van der Waals surface area contributed by atoms with Gasteiger partial charge in [-0.05, 0) is 32.2 Å². The van der Waals surface area contributed by atoms with Crippen LogP contribution in [-0.2, 0) is 14.3 Å². The van der Waals surface area contributed by atoms with Gasteiger partial charge in [0.1, 0.15) is 6.10 Å². The molecule has 1 amide bonds. The van der Waals surface area contributed by atoms with Crippen molar-refractivity contribution in [3.8, 4) is 0 Å². The van der Waals surface area contributed by atoms with E-state index in [2.05, 4.69) is 5.32 Å². The van der Waals surface area contributed by atoms with Gasteiger partial charge in [-0.1, -0.05) is 6.42 Å². The van der Waals surface area contributed by atoms with Gasteiger partial charge >= 0.3 is 5.97 Å². The molecule has 20 heavy (non-hydrogen) atoms. The summed E-state index contributed by atoms with van der Waals surface area (Å²) in [6, 6.07) is 0.0148. The van der Waals surface area contributed by atoms with Crippen LogP contribution in [0, 0.1) is 11.8 Å². The molecule has 0 spiro atoms. The zero-order valence-corrected chi connectivity index (χ0v) is 12.1. The molecule has 5 heteroatoms. The van der Waals surface area contributed by atoms with E-state index in [1.807, 2.05) is 4.90 Å². The first-order valence-corrected chi connectivity index (χ1v) is 7.84. The second-order valence-corrected chi connectivity index (χ2v) is 6.42. The van der Waals surface area contributed by atoms with Crippen LogP contribution in [0.4, 0.5) is 0 Å². The highest BCUT2D eigenvalue weighted by molar-refractivity contribution is 5.82. The number of amides is 1. The van der Waals surface area contributed by atoms with Crippen LogP contribution in [0.2, 0.25) is 0 Å². The Hall–Kier alpha value is -1.10. The lowest BCUT2D eigenvalue weighted by Crippen LogP contribution is -2.57. The monoisotopic (exact) mass is 280 g/mol. The molecule has 0 aromatic heterocycles. The van der Waals surface area contributed by atoms with Crippen LogP contribution in [0.15, 0.2) is 0 Å². The maximum Gasteiger partial charge on any atom is 0.302 e. The maximum absolute atomic E-state index is 12.5. The molecule has 0 aromatic carbocycles. The number of hydrogen-bond acceptors (Lipinski definition) is 4. The van der Waals surface area contributed by atoms with Gasteiger partial charge in [0.2, 0.25) is 5.91 Å². The van der Waals surface area contributed by atoms with Crippen molar-refractivity contribution in [1.82, 2.24) is 10.2 Å². The molecule has 2 unspecified atom stereocenters. The molecule has 2 heterocycles. The number of piperidine rings is 1. The van der Waals surface area contributed by atoms with E-state index < -0.39 is 0 Å². The Morgan fingerprint density at radius 2 is 1.80 bits per heavy atom. The van der Waals surface area contributed by atoms with Gasteiger partial charge in [0, 0.05) is 31.8 Å². The van der Waals surface area contributed by atoms with Gasteiger partial charge in [-0.15, -0.1) is 0 Å². The fourth-order valence-corrected chi connectivity index (χ4v) is 4.07. The van der Waals surface area contributed by atoms with E-state index in [0.29, 0.717) is 11.8 Å². The Labute approximate surface area is 120 Å². The Morgan fingerprint density at radius 3 is 2.35 bits per heavy atom. The number of carbonyl (C=O) groups excluding carboxylic acids is 2. The zero-order valence-electron chi connectivity index (χ0n) is 12.1. The van der Waals surface area contributed by atoms with Gasteiger partial charge in [-0.3, -0.25) is 9.59 Å². The first kappa shape index (κ1) is 13.9. The number of nitrogens with one attached hydrogen (secondary N) is 1. The third-order valence-electron chi connectivity index (χ3n) is 4.96. The Bertz CT molecular complexity index is 379. The summed E-state index contributed by atoms with van der Waals surface area (Å²) in [7, 11) is 0. The number of fused-ring (bicyclic) bond motifs is 2. The lowest BCUT2D eigenvalue weighted by Gasteiger charge is -2.46. The number of likely N-dealkylation sites (tertiary alicyclic amines) is 1. The van der Waals surface area contributed by atoms with Crippen LogP contribution < -0.4 is 5.32 Å². The molecule has 3 atom stereocenters. The molecule has 1 saturated carbocycles. The van der Waals surface area contributed by atoms with Crippen molar-refractivity contribution in [3.05, 3.63) is 0 Å². The van der Waals surface area contributed by atoms with Crippen molar-refractivity contribution < 1.29 is 14.3 Å². The number of nitrogens with zero attached hydrogens (tertiary/aromatic N) is 1. The minimum atomic E-state index is -0.191. The maximum atomic E-state index is 12.5. The Morgan fingerprint density at radius 1 is 1.10 bits per heavy atom. The number of ether oxygens (including phenoxy) is 1. The summed E-state index contributed by atoms with van der Waals surface area (Å²) in [6.45, 7) is 3.94. The van der Waals surface area contributed by atoms with Crippen LogP contribution >= 0.6 is 0 Å². The van der Waals surface area contributed by atoms with Crippen molar-refractivity contribution in [3.63, 3.8) is 0 Å². The molecular formula is C15H24N2O3. The van der Waals surface area contributed by atoms with Crippen LogP contribution in [0.25, 0.3) is 0 Å². The highest BCUT2D eigenvalue weighted by Gasteiger charge is 2.43. The highest BCUT2D eigenvalue weighted by atomic mass is 16.5. The Balaban J connectivity index is 1.66. The largest absolute Gasteiger partial charge is 0.462 e. The molecule has 1 aliphatic carbocycles. The molecule has 2 aliphatic heterocycles. The molecule has 0 aromatic rings. The predicted molar refractivity (Wildman–Crippen MR) is 74.0 cm³/mol. The summed E-state index contributed by atoms with van der Waals surface area (Å²) in [5.41, 5.74) is 0. The van der Waals surface area contributed by atoms with Crippen LogP contribution in [0.3, 0.4) is 0 Å². The SMILES string of the molecule is CC(=O)OC1C2CCCC1CN(C(=O)[C@@H]1CCCN1)C2. The van der Waals surface area contributed by atoms with Gasteiger partial charge in [0.05, 0.1) is 6.04 Å². The third kappa shape index (κ3) is 2.68. The van der Waals surface area contributed by atoms with E-state index in [4.69, 9.17) is 4.74 Å². The summed E-state index contributed by atoms with van der Waals surface area (Å²) in [6.07, 6.45) is 5.40. The predicted octanol–water partition coefficient (Wildman–Crippen LogP) is 0.929. The Kier molecular flexibility index (Phi) is 3.96. The molecule has 2 bridgehead atoms. The first-order valence-electron chi connectivity index (χ1n) is 7.84. The molecule has 5 nitrogen and oxygen atoms in total. The second-order valence-electron chi connectivity index (χ2n) is 6.42. The number of hydrogen-bond donors (Lipinski definition) is 1. The van der Waals surface area contributed by atoms with Crippen LogP contribution in [0.1, 0.15) is 39.0 Å². The van der Waals surface area contributed by atoms with Gasteiger partial charge in [0.25, 0.3) is 0 Å². The smallest absolute Gasteiger partial charge is 0.302 e. The van der Waals surface area contributed by atoms with Gasteiger partial charge < -0.3 is 15.0 Å². The van der Waals surface area contributed by atoms with Crippen molar-refractivity contribution in [2.45, 2.75) is 51.2 Å². The molecule has 0 radical (unpaired) electrons. The average molecular weight is 280 g/mol. The van der Waals surface area contributed by atoms with Gasteiger partial charge in [-0.25, -0.2) is 0 Å². The van der Waals surface area contributed by atoms with E-state index in [1.54, 1.807) is 0 Å².